The highest BCUT2D eigenvalue weighted by atomic mass is 16.5. The number of aromatic nitrogens is 5. The summed E-state index contributed by atoms with van der Waals surface area (Å²) in [5.74, 6) is -1.52. The van der Waals surface area contributed by atoms with Gasteiger partial charge < -0.3 is 19.6 Å². The lowest BCUT2D eigenvalue weighted by Gasteiger charge is -2.06. The van der Waals surface area contributed by atoms with Crippen LogP contribution in [0.15, 0.2) is 18.7 Å². The van der Waals surface area contributed by atoms with E-state index in [9.17, 15) is 9.59 Å². The number of nitrogens with one attached hydrogen (secondary N) is 1. The van der Waals surface area contributed by atoms with Crippen molar-refractivity contribution in [2.24, 2.45) is 0 Å². The van der Waals surface area contributed by atoms with E-state index in [4.69, 9.17) is 14.6 Å². The molecule has 3 aromatic heterocycles. The van der Waals surface area contributed by atoms with Gasteiger partial charge in [-0.3, -0.25) is 4.79 Å². The molecule has 10 nitrogen and oxygen atoms in total. The minimum atomic E-state index is -1.56. The van der Waals surface area contributed by atoms with Crippen molar-refractivity contribution in [2.75, 3.05) is 14.2 Å². The van der Waals surface area contributed by atoms with Gasteiger partial charge in [0.1, 0.15) is 18.7 Å². The van der Waals surface area contributed by atoms with Crippen LogP contribution in [0.4, 0.5) is 0 Å². The summed E-state index contributed by atoms with van der Waals surface area (Å²) in [5.41, 5.74) is 0.392. The predicted molar refractivity (Wildman–Crippen MR) is 80.2 cm³/mol. The average Bonchev–Trinajstić information content (AvgIpc) is 3.20. The van der Waals surface area contributed by atoms with E-state index in [0.29, 0.717) is 22.5 Å². The fourth-order valence-corrected chi connectivity index (χ4v) is 2.32. The van der Waals surface area contributed by atoms with Crippen molar-refractivity contribution in [2.45, 2.75) is 6.61 Å². The molecule has 2 N–H and O–H groups in total. The van der Waals surface area contributed by atoms with Gasteiger partial charge in [-0.05, 0) is 0 Å². The zero-order valence-electron chi connectivity index (χ0n) is 12.8. The molecule has 0 spiro atoms. The third-order valence-corrected chi connectivity index (χ3v) is 3.34. The van der Waals surface area contributed by atoms with Crippen molar-refractivity contribution < 1.29 is 24.2 Å². The van der Waals surface area contributed by atoms with Crippen molar-refractivity contribution in [3.63, 3.8) is 0 Å². The lowest BCUT2D eigenvalue weighted by atomic mass is 10.1. The molecular formula is C14H13N5O5. The van der Waals surface area contributed by atoms with E-state index in [1.165, 1.54) is 37.6 Å². The smallest absolute Gasteiger partial charge is 0.377 e. The number of ether oxygens (including phenoxy) is 2. The standard InChI is InChI=1S/C14H13N5O5/c1-23-5-9-17-6-19(18-9)13-11-10(8(24-2)4-16-13)7(3-15-11)12(20)14(21)22/h3-4,6,15H,5H2,1-2H3,(H,21,22). The molecular weight excluding hydrogens is 318 g/mol. The number of carbonyl (C=O) groups excluding carboxylic acids is 1. The van der Waals surface area contributed by atoms with Crippen LogP contribution in [0.2, 0.25) is 0 Å². The summed E-state index contributed by atoms with van der Waals surface area (Å²) >= 11 is 0. The molecule has 3 aromatic rings. The van der Waals surface area contributed by atoms with E-state index in [1.807, 2.05) is 0 Å². The van der Waals surface area contributed by atoms with Gasteiger partial charge in [-0.15, -0.1) is 5.10 Å². The Labute approximate surface area is 135 Å². The molecule has 0 saturated carbocycles. The maximum absolute atomic E-state index is 11.9. The number of carbonyl (C=O) groups is 2. The lowest BCUT2D eigenvalue weighted by Crippen LogP contribution is -2.12. The first-order valence-electron chi connectivity index (χ1n) is 6.78. The number of aliphatic carboxylic acids is 1. The van der Waals surface area contributed by atoms with Crippen LogP contribution in [0.5, 0.6) is 5.75 Å². The Morgan fingerprint density at radius 1 is 1.33 bits per heavy atom. The van der Waals surface area contributed by atoms with Crippen LogP contribution in [-0.4, -0.2) is 55.8 Å². The first-order valence-corrected chi connectivity index (χ1v) is 6.78. The molecule has 24 heavy (non-hydrogen) atoms. The van der Waals surface area contributed by atoms with Gasteiger partial charge in [-0.1, -0.05) is 0 Å². The number of fused-ring (bicyclic) bond motifs is 1. The van der Waals surface area contributed by atoms with Gasteiger partial charge in [0.15, 0.2) is 11.6 Å². The Kier molecular flexibility index (Phi) is 3.96. The van der Waals surface area contributed by atoms with Crippen molar-refractivity contribution >= 4 is 22.7 Å². The molecule has 3 rings (SSSR count). The van der Waals surface area contributed by atoms with Crippen LogP contribution in [0.1, 0.15) is 16.2 Å². The maximum Gasteiger partial charge on any atom is 0.377 e. The number of H-pyrrole nitrogens is 1. The van der Waals surface area contributed by atoms with Crippen LogP contribution in [-0.2, 0) is 16.1 Å². The SMILES string of the molecule is COCc1ncn(-c2ncc(OC)c3c(C(=O)C(=O)O)c[nH]c23)n1. The van der Waals surface area contributed by atoms with E-state index in [1.54, 1.807) is 0 Å². The molecule has 0 amide bonds. The number of aromatic amines is 1. The minimum absolute atomic E-state index is 0.0183. The molecule has 0 bridgehead atoms. The van der Waals surface area contributed by atoms with Crippen molar-refractivity contribution in [1.82, 2.24) is 24.7 Å². The Balaban J connectivity index is 2.20. The first-order chi connectivity index (χ1) is 11.6. The van der Waals surface area contributed by atoms with E-state index < -0.39 is 11.8 Å². The Hall–Kier alpha value is -3.27. The first kappa shape index (κ1) is 15.6. The van der Waals surface area contributed by atoms with Crippen LogP contribution >= 0.6 is 0 Å². The summed E-state index contributed by atoms with van der Waals surface area (Å²) < 4.78 is 11.6. The molecule has 0 unspecified atom stereocenters. The largest absolute Gasteiger partial charge is 0.494 e. The third kappa shape index (κ3) is 2.48. The highest BCUT2D eigenvalue weighted by Gasteiger charge is 2.24. The molecule has 10 heteroatoms. The molecule has 0 saturated heterocycles. The zero-order chi connectivity index (χ0) is 17.3. The van der Waals surface area contributed by atoms with E-state index in [-0.39, 0.29) is 17.9 Å². The summed E-state index contributed by atoms with van der Waals surface area (Å²) in [4.78, 5) is 34.1. The Morgan fingerprint density at radius 3 is 2.79 bits per heavy atom. The monoisotopic (exact) mass is 331 g/mol. The van der Waals surface area contributed by atoms with Crippen molar-refractivity contribution in [3.8, 4) is 11.6 Å². The van der Waals surface area contributed by atoms with Gasteiger partial charge in [-0.2, -0.15) is 0 Å². The number of hydrogen-bond acceptors (Lipinski definition) is 7. The second-order valence-corrected chi connectivity index (χ2v) is 4.78. The topological polar surface area (TPSA) is 132 Å². The summed E-state index contributed by atoms with van der Waals surface area (Å²) in [6.45, 7) is 0.236. The number of carboxylic acids is 1. The molecule has 0 aromatic carbocycles. The maximum atomic E-state index is 11.9. The molecule has 0 fully saturated rings. The van der Waals surface area contributed by atoms with Crippen molar-refractivity contribution in [1.29, 1.82) is 0 Å². The van der Waals surface area contributed by atoms with E-state index in [0.717, 1.165) is 0 Å². The normalized spacial score (nSPS) is 10.9. The lowest BCUT2D eigenvalue weighted by molar-refractivity contribution is -0.131. The number of methoxy groups -OCH3 is 2. The quantitative estimate of drug-likeness (QED) is 0.495. The molecule has 3 heterocycles. The number of rotatable bonds is 6. The van der Waals surface area contributed by atoms with Crippen LogP contribution < -0.4 is 4.74 Å². The molecule has 0 aliphatic rings. The number of carboxylic acid groups (broad SMARTS) is 1. The van der Waals surface area contributed by atoms with Gasteiger partial charge in [0.05, 0.1) is 29.8 Å². The summed E-state index contributed by atoms with van der Waals surface area (Å²) in [5, 5.41) is 13.5. The number of ketones is 1. The summed E-state index contributed by atoms with van der Waals surface area (Å²) in [6.07, 6.45) is 4.14. The number of Topliss-reactive ketones (excluding diaryl/α,β-unsaturated/α-hetero) is 1. The molecule has 0 radical (unpaired) electrons. The number of hydrogen-bond donors (Lipinski definition) is 2. The van der Waals surface area contributed by atoms with Crippen LogP contribution in [0, 0.1) is 0 Å². The second-order valence-electron chi connectivity index (χ2n) is 4.78. The highest BCUT2D eigenvalue weighted by molar-refractivity contribution is 6.42. The molecule has 0 atom stereocenters. The van der Waals surface area contributed by atoms with Gasteiger partial charge in [0.25, 0.3) is 5.78 Å². The fraction of sp³-hybridized carbons (Fsp3) is 0.214. The summed E-state index contributed by atoms with van der Waals surface area (Å²) in [6, 6.07) is 0. The second kappa shape index (κ2) is 6.08. The van der Waals surface area contributed by atoms with E-state index >= 15 is 0 Å². The van der Waals surface area contributed by atoms with Crippen LogP contribution in [0.3, 0.4) is 0 Å². The van der Waals surface area contributed by atoms with Gasteiger partial charge in [0, 0.05) is 13.3 Å². The third-order valence-electron chi connectivity index (χ3n) is 3.34. The van der Waals surface area contributed by atoms with Gasteiger partial charge in [0.2, 0.25) is 0 Å². The fourth-order valence-electron chi connectivity index (χ4n) is 2.32. The Morgan fingerprint density at radius 2 is 2.12 bits per heavy atom. The van der Waals surface area contributed by atoms with E-state index in [2.05, 4.69) is 20.1 Å². The van der Waals surface area contributed by atoms with Crippen molar-refractivity contribution in [3.05, 3.63) is 30.1 Å². The van der Waals surface area contributed by atoms with Gasteiger partial charge >= 0.3 is 5.97 Å². The molecule has 0 aliphatic heterocycles. The minimum Gasteiger partial charge on any atom is -0.494 e. The van der Waals surface area contributed by atoms with Gasteiger partial charge in [-0.25, -0.2) is 19.4 Å². The molecule has 0 aliphatic carbocycles. The highest BCUT2D eigenvalue weighted by Crippen LogP contribution is 2.31. The number of pyridine rings is 1. The van der Waals surface area contributed by atoms with Crippen LogP contribution in [0.25, 0.3) is 16.7 Å². The average molecular weight is 331 g/mol. The zero-order valence-corrected chi connectivity index (χ0v) is 12.8. The summed E-state index contributed by atoms with van der Waals surface area (Å²) in [7, 11) is 2.93. The Bertz CT molecular complexity index is 929. The molecule has 124 valence electrons. The predicted octanol–water partition coefficient (Wildman–Crippen LogP) is 0.566. The number of nitrogens with zero attached hydrogens (tertiary/aromatic N) is 4.